The van der Waals surface area contributed by atoms with Crippen molar-refractivity contribution in [3.63, 3.8) is 0 Å². The van der Waals surface area contributed by atoms with Crippen molar-refractivity contribution >= 4 is 11.6 Å². The van der Waals surface area contributed by atoms with Gasteiger partial charge in [0.1, 0.15) is 5.75 Å². The van der Waals surface area contributed by atoms with Crippen molar-refractivity contribution in [2.75, 3.05) is 25.0 Å². The monoisotopic (exact) mass is 330 g/mol. The molecule has 0 aromatic heterocycles. The average molecular weight is 330 g/mol. The van der Waals surface area contributed by atoms with Crippen molar-refractivity contribution in [2.45, 2.75) is 46.0 Å². The van der Waals surface area contributed by atoms with Crippen molar-refractivity contribution in [2.24, 2.45) is 5.92 Å². The third kappa shape index (κ3) is 7.18. The van der Waals surface area contributed by atoms with Gasteiger partial charge in [0.25, 0.3) is 0 Å². The predicted octanol–water partition coefficient (Wildman–Crippen LogP) is 4.14. The molecule has 2 rings (SSSR count). The van der Waals surface area contributed by atoms with Crippen LogP contribution in [0.2, 0.25) is 0 Å². The lowest BCUT2D eigenvalue weighted by Crippen LogP contribution is -2.29. The van der Waals surface area contributed by atoms with Gasteiger partial charge in [0.2, 0.25) is 5.91 Å². The molecule has 1 amide bonds. The number of allylic oxidation sites excluding steroid dienone is 1. The molecule has 0 fully saturated rings. The van der Waals surface area contributed by atoms with E-state index in [1.807, 2.05) is 24.3 Å². The average Bonchev–Trinajstić information content (AvgIpc) is 2.59. The Morgan fingerprint density at radius 3 is 2.67 bits per heavy atom. The van der Waals surface area contributed by atoms with Gasteiger partial charge < -0.3 is 15.4 Å². The molecule has 4 heteroatoms. The zero-order valence-electron chi connectivity index (χ0n) is 14.9. The second-order valence-corrected chi connectivity index (χ2v) is 6.81. The molecule has 24 heavy (non-hydrogen) atoms. The number of rotatable bonds is 9. The molecular formula is C20H30N2O2. The molecule has 132 valence electrons. The second kappa shape index (κ2) is 10.1. The summed E-state index contributed by atoms with van der Waals surface area (Å²) < 4.78 is 5.63. The first kappa shape index (κ1) is 18.5. The molecule has 0 saturated carbocycles. The number of hydrogen-bond acceptors (Lipinski definition) is 3. The maximum atomic E-state index is 11.9. The third-order valence-electron chi connectivity index (χ3n) is 4.01. The molecule has 0 spiro atoms. The van der Waals surface area contributed by atoms with Gasteiger partial charge in [0, 0.05) is 5.69 Å². The third-order valence-corrected chi connectivity index (χ3v) is 4.01. The molecule has 0 saturated heterocycles. The van der Waals surface area contributed by atoms with Crippen LogP contribution in [0.15, 0.2) is 35.9 Å². The van der Waals surface area contributed by atoms with E-state index in [2.05, 4.69) is 30.6 Å². The first-order valence-electron chi connectivity index (χ1n) is 9.05. The molecule has 0 unspecified atom stereocenters. The highest BCUT2D eigenvalue weighted by Crippen LogP contribution is 2.19. The van der Waals surface area contributed by atoms with Gasteiger partial charge >= 0.3 is 0 Å². The van der Waals surface area contributed by atoms with E-state index >= 15 is 0 Å². The van der Waals surface area contributed by atoms with Gasteiger partial charge in [-0.05, 0) is 68.8 Å². The number of hydrogen-bond donors (Lipinski definition) is 2. The van der Waals surface area contributed by atoms with Crippen LogP contribution in [0.4, 0.5) is 5.69 Å². The Morgan fingerprint density at radius 2 is 2.00 bits per heavy atom. The Balaban J connectivity index is 1.63. The largest absolute Gasteiger partial charge is 0.493 e. The molecule has 0 aliphatic heterocycles. The summed E-state index contributed by atoms with van der Waals surface area (Å²) in [6.45, 7) is 6.14. The standard InChI is InChI=1S/C20H30N2O2/c1-16(2)15-24-19-10-8-18(9-11-19)22-20(23)14-21-13-12-17-6-4-3-5-7-17/h6,8-11,16,21H,3-5,7,12-15H2,1-2H3,(H,22,23). The first-order chi connectivity index (χ1) is 11.6. The molecule has 0 bridgehead atoms. The summed E-state index contributed by atoms with van der Waals surface area (Å²) in [6, 6.07) is 7.53. The summed E-state index contributed by atoms with van der Waals surface area (Å²) in [4.78, 5) is 11.9. The lowest BCUT2D eigenvalue weighted by Gasteiger charge is -2.13. The van der Waals surface area contributed by atoms with Crippen LogP contribution >= 0.6 is 0 Å². The number of nitrogens with one attached hydrogen (secondary N) is 2. The summed E-state index contributed by atoms with van der Waals surface area (Å²) in [5, 5.41) is 6.12. The smallest absolute Gasteiger partial charge is 0.238 e. The van der Waals surface area contributed by atoms with Crippen LogP contribution in [0.5, 0.6) is 5.75 Å². The molecule has 0 atom stereocenters. The van der Waals surface area contributed by atoms with E-state index in [-0.39, 0.29) is 5.91 Å². The second-order valence-electron chi connectivity index (χ2n) is 6.81. The number of benzene rings is 1. The SMILES string of the molecule is CC(C)COc1ccc(NC(=O)CNCCC2=CCCCC2)cc1. The summed E-state index contributed by atoms with van der Waals surface area (Å²) >= 11 is 0. The van der Waals surface area contributed by atoms with Crippen LogP contribution in [0.3, 0.4) is 0 Å². The van der Waals surface area contributed by atoms with E-state index in [0.29, 0.717) is 19.1 Å². The summed E-state index contributed by atoms with van der Waals surface area (Å²) in [6.07, 6.45) is 8.47. The molecular weight excluding hydrogens is 300 g/mol. The molecule has 1 aromatic carbocycles. The minimum Gasteiger partial charge on any atom is -0.493 e. The van der Waals surface area contributed by atoms with E-state index in [0.717, 1.165) is 24.4 Å². The zero-order valence-corrected chi connectivity index (χ0v) is 14.9. The lowest BCUT2D eigenvalue weighted by atomic mass is 9.97. The minimum atomic E-state index is -0.0107. The Hall–Kier alpha value is -1.81. The highest BCUT2D eigenvalue weighted by atomic mass is 16.5. The van der Waals surface area contributed by atoms with Crippen molar-refractivity contribution in [1.29, 1.82) is 0 Å². The number of ether oxygens (including phenoxy) is 1. The van der Waals surface area contributed by atoms with E-state index in [9.17, 15) is 4.79 Å². The Kier molecular flexibility index (Phi) is 7.83. The van der Waals surface area contributed by atoms with Gasteiger partial charge in [-0.25, -0.2) is 0 Å². The highest BCUT2D eigenvalue weighted by Gasteiger charge is 2.05. The van der Waals surface area contributed by atoms with Crippen LogP contribution < -0.4 is 15.4 Å². The molecule has 0 radical (unpaired) electrons. The number of carbonyl (C=O) groups excluding carboxylic acids is 1. The zero-order chi connectivity index (χ0) is 17.2. The molecule has 1 aliphatic rings. The van der Waals surface area contributed by atoms with Crippen molar-refractivity contribution in [1.82, 2.24) is 5.32 Å². The van der Waals surface area contributed by atoms with E-state index in [1.165, 1.54) is 31.3 Å². The minimum absolute atomic E-state index is 0.0107. The fourth-order valence-corrected chi connectivity index (χ4v) is 2.69. The fourth-order valence-electron chi connectivity index (χ4n) is 2.69. The lowest BCUT2D eigenvalue weighted by molar-refractivity contribution is -0.115. The van der Waals surface area contributed by atoms with Gasteiger partial charge in [0.15, 0.2) is 0 Å². The normalized spacial score (nSPS) is 14.4. The Bertz CT molecular complexity index is 535. The molecule has 1 aromatic rings. The van der Waals surface area contributed by atoms with E-state index in [1.54, 1.807) is 0 Å². The van der Waals surface area contributed by atoms with Crippen LogP contribution in [0.25, 0.3) is 0 Å². The fraction of sp³-hybridized carbons (Fsp3) is 0.550. The van der Waals surface area contributed by atoms with Crippen LogP contribution in [-0.2, 0) is 4.79 Å². The summed E-state index contributed by atoms with van der Waals surface area (Å²) in [7, 11) is 0. The maximum Gasteiger partial charge on any atom is 0.238 e. The molecule has 2 N–H and O–H groups in total. The van der Waals surface area contributed by atoms with Gasteiger partial charge in [-0.15, -0.1) is 0 Å². The van der Waals surface area contributed by atoms with Gasteiger partial charge in [-0.1, -0.05) is 25.5 Å². The quantitative estimate of drug-likeness (QED) is 0.528. The number of anilines is 1. The van der Waals surface area contributed by atoms with Gasteiger partial charge in [0.05, 0.1) is 13.2 Å². The van der Waals surface area contributed by atoms with Crippen molar-refractivity contribution in [3.8, 4) is 5.75 Å². The van der Waals surface area contributed by atoms with Gasteiger partial charge in [-0.3, -0.25) is 4.79 Å². The van der Waals surface area contributed by atoms with E-state index < -0.39 is 0 Å². The Morgan fingerprint density at radius 1 is 1.21 bits per heavy atom. The van der Waals surface area contributed by atoms with Crippen LogP contribution in [0, 0.1) is 5.92 Å². The molecule has 0 heterocycles. The highest BCUT2D eigenvalue weighted by molar-refractivity contribution is 5.92. The summed E-state index contributed by atoms with van der Waals surface area (Å²) in [5.41, 5.74) is 2.33. The van der Waals surface area contributed by atoms with Crippen molar-refractivity contribution in [3.05, 3.63) is 35.9 Å². The van der Waals surface area contributed by atoms with Crippen LogP contribution in [-0.4, -0.2) is 25.6 Å². The maximum absolute atomic E-state index is 11.9. The van der Waals surface area contributed by atoms with Crippen LogP contribution in [0.1, 0.15) is 46.0 Å². The number of amides is 1. The van der Waals surface area contributed by atoms with Gasteiger partial charge in [-0.2, -0.15) is 0 Å². The molecule has 4 nitrogen and oxygen atoms in total. The Labute approximate surface area is 145 Å². The van der Waals surface area contributed by atoms with E-state index in [4.69, 9.17) is 4.74 Å². The van der Waals surface area contributed by atoms with Crippen molar-refractivity contribution < 1.29 is 9.53 Å². The molecule has 1 aliphatic carbocycles. The predicted molar refractivity (Wildman–Crippen MR) is 99.4 cm³/mol. The number of carbonyl (C=O) groups is 1. The summed E-state index contributed by atoms with van der Waals surface area (Å²) in [5.74, 6) is 1.32. The topological polar surface area (TPSA) is 50.4 Å². The first-order valence-corrected chi connectivity index (χ1v) is 9.05.